The van der Waals surface area contributed by atoms with E-state index in [0.29, 0.717) is 19.8 Å². The number of nitrogens with zero attached hydrogens (tertiary/aromatic N) is 3. The average molecular weight is 260 g/mol. The molecule has 0 radical (unpaired) electrons. The Labute approximate surface area is 111 Å². The molecule has 0 amide bonds. The summed E-state index contributed by atoms with van der Waals surface area (Å²) >= 11 is 0. The summed E-state index contributed by atoms with van der Waals surface area (Å²) in [6.07, 6.45) is 2.80. The minimum atomic E-state index is 0.679. The highest BCUT2D eigenvalue weighted by Crippen LogP contribution is 2.31. The molecular weight excluding hydrogens is 244 g/mol. The molecule has 0 unspecified atom stereocenters. The van der Waals surface area contributed by atoms with Gasteiger partial charge in [0.1, 0.15) is 0 Å². The summed E-state index contributed by atoms with van der Waals surface area (Å²) in [5.74, 6) is 1.55. The maximum atomic E-state index is 5.67. The molecule has 0 saturated heterocycles. The average Bonchev–Trinajstić information content (AvgIpc) is 2.76. The van der Waals surface area contributed by atoms with Crippen molar-refractivity contribution in [3.05, 3.63) is 30.1 Å². The largest absolute Gasteiger partial charge is 0.490 e. The maximum Gasteiger partial charge on any atom is 0.163 e. The fraction of sp³-hybridized carbons (Fsp3) is 0.385. The second-order valence-electron chi connectivity index (χ2n) is 4.37. The molecule has 6 heteroatoms. The minimum Gasteiger partial charge on any atom is -0.490 e. The van der Waals surface area contributed by atoms with Crippen LogP contribution in [0.2, 0.25) is 0 Å². The van der Waals surface area contributed by atoms with Gasteiger partial charge in [0.25, 0.3) is 0 Å². The lowest BCUT2D eigenvalue weighted by molar-refractivity contribution is 0.297. The molecule has 0 aliphatic carbocycles. The fourth-order valence-corrected chi connectivity index (χ4v) is 1.98. The van der Waals surface area contributed by atoms with Crippen LogP contribution in [-0.4, -0.2) is 35.3 Å². The smallest absolute Gasteiger partial charge is 0.163 e. The third kappa shape index (κ3) is 2.53. The van der Waals surface area contributed by atoms with Crippen LogP contribution in [0.5, 0.6) is 11.5 Å². The second kappa shape index (κ2) is 5.27. The second-order valence-corrected chi connectivity index (χ2v) is 4.37. The Kier molecular flexibility index (Phi) is 3.33. The lowest BCUT2D eigenvalue weighted by Crippen LogP contribution is -2.05. The van der Waals surface area contributed by atoms with Crippen LogP contribution in [0.1, 0.15) is 12.1 Å². The van der Waals surface area contributed by atoms with E-state index in [4.69, 9.17) is 9.47 Å². The van der Waals surface area contributed by atoms with E-state index in [1.165, 1.54) is 0 Å². The van der Waals surface area contributed by atoms with E-state index in [1.807, 2.05) is 31.4 Å². The number of fused-ring (bicyclic) bond motifs is 1. The summed E-state index contributed by atoms with van der Waals surface area (Å²) < 4.78 is 13.0. The quantitative estimate of drug-likeness (QED) is 0.897. The van der Waals surface area contributed by atoms with E-state index in [0.717, 1.165) is 29.3 Å². The molecule has 19 heavy (non-hydrogen) atoms. The third-order valence-corrected chi connectivity index (χ3v) is 2.89. The number of aromatic nitrogens is 3. The van der Waals surface area contributed by atoms with E-state index in [2.05, 4.69) is 15.6 Å². The number of ether oxygens (including phenoxy) is 2. The normalized spacial score (nSPS) is 14.2. The van der Waals surface area contributed by atoms with Crippen LogP contribution in [0.15, 0.2) is 24.4 Å². The maximum absolute atomic E-state index is 5.67. The van der Waals surface area contributed by atoms with Gasteiger partial charge in [-0.15, -0.1) is 5.10 Å². The van der Waals surface area contributed by atoms with Crippen molar-refractivity contribution in [1.29, 1.82) is 0 Å². The van der Waals surface area contributed by atoms with Crippen molar-refractivity contribution in [2.75, 3.05) is 20.3 Å². The van der Waals surface area contributed by atoms with Gasteiger partial charge in [-0.3, -0.25) is 0 Å². The number of hydrogen-bond acceptors (Lipinski definition) is 5. The standard InChI is InChI=1S/C13H16N4O2/c1-14-8-10-9-17(16-15-10)11-3-4-12-13(7-11)19-6-2-5-18-12/h3-4,7,9,14H,2,5-6,8H2,1H3. The van der Waals surface area contributed by atoms with Crippen LogP contribution in [-0.2, 0) is 6.54 Å². The summed E-state index contributed by atoms with van der Waals surface area (Å²) in [4.78, 5) is 0. The van der Waals surface area contributed by atoms with Crippen LogP contribution in [0.25, 0.3) is 5.69 Å². The Bertz CT molecular complexity index is 568. The molecule has 0 atom stereocenters. The molecule has 0 saturated carbocycles. The predicted molar refractivity (Wildman–Crippen MR) is 69.7 cm³/mol. The van der Waals surface area contributed by atoms with E-state index < -0.39 is 0 Å². The van der Waals surface area contributed by atoms with Gasteiger partial charge in [0.05, 0.1) is 30.8 Å². The number of hydrogen-bond donors (Lipinski definition) is 1. The van der Waals surface area contributed by atoms with Gasteiger partial charge in [-0.25, -0.2) is 4.68 Å². The van der Waals surface area contributed by atoms with Crippen LogP contribution in [0.3, 0.4) is 0 Å². The zero-order chi connectivity index (χ0) is 13.1. The summed E-state index contributed by atoms with van der Waals surface area (Å²) in [7, 11) is 1.88. The van der Waals surface area contributed by atoms with Gasteiger partial charge in [-0.1, -0.05) is 5.21 Å². The molecule has 100 valence electrons. The molecule has 1 aliphatic rings. The molecule has 0 spiro atoms. The first-order valence-electron chi connectivity index (χ1n) is 6.32. The third-order valence-electron chi connectivity index (χ3n) is 2.89. The Hall–Kier alpha value is -2.08. The highest BCUT2D eigenvalue weighted by Gasteiger charge is 2.12. The molecule has 1 aliphatic heterocycles. The molecular formula is C13H16N4O2. The molecule has 0 fully saturated rings. The number of nitrogens with one attached hydrogen (secondary N) is 1. The lowest BCUT2D eigenvalue weighted by atomic mass is 10.3. The van der Waals surface area contributed by atoms with Gasteiger partial charge in [0.2, 0.25) is 0 Å². The van der Waals surface area contributed by atoms with Crippen molar-refractivity contribution in [3.8, 4) is 17.2 Å². The molecule has 6 nitrogen and oxygen atoms in total. The molecule has 1 N–H and O–H groups in total. The molecule has 2 heterocycles. The van der Waals surface area contributed by atoms with Crippen molar-refractivity contribution in [1.82, 2.24) is 20.3 Å². The monoisotopic (exact) mass is 260 g/mol. The predicted octanol–water partition coefficient (Wildman–Crippen LogP) is 1.15. The Morgan fingerprint density at radius 2 is 2.11 bits per heavy atom. The minimum absolute atomic E-state index is 0.679. The Morgan fingerprint density at radius 1 is 1.26 bits per heavy atom. The molecule has 0 bridgehead atoms. The van der Waals surface area contributed by atoms with Gasteiger partial charge in [-0.2, -0.15) is 0 Å². The molecule has 2 aromatic rings. The molecule has 3 rings (SSSR count). The van der Waals surface area contributed by atoms with Crippen molar-refractivity contribution in [3.63, 3.8) is 0 Å². The van der Waals surface area contributed by atoms with Crippen molar-refractivity contribution in [2.24, 2.45) is 0 Å². The topological polar surface area (TPSA) is 61.2 Å². The van der Waals surface area contributed by atoms with Crippen LogP contribution >= 0.6 is 0 Å². The first-order valence-corrected chi connectivity index (χ1v) is 6.32. The van der Waals surface area contributed by atoms with Gasteiger partial charge in [0.15, 0.2) is 11.5 Å². The van der Waals surface area contributed by atoms with Crippen LogP contribution in [0, 0.1) is 0 Å². The van der Waals surface area contributed by atoms with Crippen LogP contribution < -0.4 is 14.8 Å². The van der Waals surface area contributed by atoms with Gasteiger partial charge >= 0.3 is 0 Å². The van der Waals surface area contributed by atoms with Crippen molar-refractivity contribution < 1.29 is 9.47 Å². The lowest BCUT2D eigenvalue weighted by Gasteiger charge is -2.08. The zero-order valence-corrected chi connectivity index (χ0v) is 10.8. The fourth-order valence-electron chi connectivity index (χ4n) is 1.98. The van der Waals surface area contributed by atoms with Gasteiger partial charge < -0.3 is 14.8 Å². The van der Waals surface area contributed by atoms with E-state index >= 15 is 0 Å². The molecule has 1 aromatic carbocycles. The zero-order valence-electron chi connectivity index (χ0n) is 10.8. The van der Waals surface area contributed by atoms with E-state index in [9.17, 15) is 0 Å². The summed E-state index contributed by atoms with van der Waals surface area (Å²) in [5.41, 5.74) is 1.81. The van der Waals surface area contributed by atoms with Crippen LogP contribution in [0.4, 0.5) is 0 Å². The SMILES string of the molecule is CNCc1cn(-c2ccc3c(c2)OCCCO3)nn1. The van der Waals surface area contributed by atoms with Gasteiger partial charge in [0, 0.05) is 19.0 Å². The highest BCUT2D eigenvalue weighted by atomic mass is 16.5. The van der Waals surface area contributed by atoms with E-state index in [-0.39, 0.29) is 0 Å². The first-order chi connectivity index (χ1) is 9.36. The number of benzene rings is 1. The summed E-state index contributed by atoms with van der Waals surface area (Å²) in [5, 5.41) is 11.2. The Morgan fingerprint density at radius 3 is 2.95 bits per heavy atom. The summed E-state index contributed by atoms with van der Waals surface area (Å²) in [6.45, 7) is 2.07. The van der Waals surface area contributed by atoms with Gasteiger partial charge in [-0.05, 0) is 19.2 Å². The molecule has 1 aromatic heterocycles. The summed E-state index contributed by atoms with van der Waals surface area (Å²) in [6, 6.07) is 5.79. The first kappa shape index (κ1) is 12.0. The van der Waals surface area contributed by atoms with E-state index in [1.54, 1.807) is 4.68 Å². The van der Waals surface area contributed by atoms with Crippen molar-refractivity contribution >= 4 is 0 Å². The number of rotatable bonds is 3. The highest BCUT2D eigenvalue weighted by molar-refractivity contribution is 5.48. The van der Waals surface area contributed by atoms with Crippen molar-refractivity contribution in [2.45, 2.75) is 13.0 Å². The Balaban J connectivity index is 1.89.